The zero-order valence-corrected chi connectivity index (χ0v) is 6.60. The van der Waals surface area contributed by atoms with E-state index in [1.165, 1.54) is 38.8 Å². The molecular weight excluding hydrogens is 122 g/mol. The molecule has 1 N–H and O–H groups in total. The van der Waals surface area contributed by atoms with E-state index in [9.17, 15) is 0 Å². The van der Waals surface area contributed by atoms with Crippen molar-refractivity contribution in [2.45, 2.75) is 32.1 Å². The quantitative estimate of drug-likeness (QED) is 0.539. The van der Waals surface area contributed by atoms with Gasteiger partial charge in [-0.2, -0.15) is 0 Å². The smallest absolute Gasteiger partial charge is 0.00462 e. The summed E-state index contributed by atoms with van der Waals surface area (Å²) >= 11 is 0. The van der Waals surface area contributed by atoms with Crippen LogP contribution in [0.5, 0.6) is 0 Å². The molecule has 0 spiro atoms. The van der Waals surface area contributed by atoms with E-state index in [-0.39, 0.29) is 0 Å². The second kappa shape index (κ2) is 2.91. The fraction of sp³-hybridized carbons (Fsp3) is 1.00. The van der Waals surface area contributed by atoms with Crippen molar-refractivity contribution >= 4 is 0 Å². The molecule has 0 bridgehead atoms. The van der Waals surface area contributed by atoms with Gasteiger partial charge in [0, 0.05) is 0 Å². The lowest BCUT2D eigenvalue weighted by Gasteiger charge is -1.99. The molecule has 1 saturated heterocycles. The number of fused-ring (bicyclic) bond motifs is 1. The number of hydrogen-bond acceptors (Lipinski definition) is 1. The van der Waals surface area contributed by atoms with Gasteiger partial charge in [0.1, 0.15) is 0 Å². The maximum Gasteiger partial charge on any atom is -0.00462 e. The summed E-state index contributed by atoms with van der Waals surface area (Å²) in [6.45, 7) is 2.54. The number of rotatable bonds is 0. The van der Waals surface area contributed by atoms with E-state index >= 15 is 0 Å². The third-order valence-corrected chi connectivity index (χ3v) is 2.94. The molecule has 2 rings (SSSR count). The first kappa shape index (κ1) is 6.66. The zero-order valence-electron chi connectivity index (χ0n) is 6.60. The van der Waals surface area contributed by atoms with Crippen LogP contribution in [0.3, 0.4) is 0 Å². The summed E-state index contributed by atoms with van der Waals surface area (Å²) in [6, 6.07) is 0. The van der Waals surface area contributed by atoms with E-state index in [4.69, 9.17) is 0 Å². The number of nitrogens with one attached hydrogen (secondary N) is 1. The molecule has 58 valence electrons. The highest BCUT2D eigenvalue weighted by molar-refractivity contribution is 4.86. The Morgan fingerprint density at radius 1 is 0.900 bits per heavy atom. The van der Waals surface area contributed by atoms with Gasteiger partial charge in [0.05, 0.1) is 0 Å². The second-order valence-corrected chi connectivity index (χ2v) is 3.79. The molecule has 1 aliphatic heterocycles. The molecule has 2 aliphatic rings. The molecule has 2 fully saturated rings. The minimum Gasteiger partial charge on any atom is -0.317 e. The van der Waals surface area contributed by atoms with E-state index < -0.39 is 0 Å². The Hall–Kier alpha value is -0.0400. The first-order chi connectivity index (χ1) is 4.97. The Labute approximate surface area is 63.2 Å². The van der Waals surface area contributed by atoms with Gasteiger partial charge in [-0.05, 0) is 44.2 Å². The summed E-state index contributed by atoms with van der Waals surface area (Å²) in [7, 11) is 0. The summed E-state index contributed by atoms with van der Waals surface area (Å²) in [5.41, 5.74) is 0. The average molecular weight is 139 g/mol. The molecule has 2 unspecified atom stereocenters. The SMILES string of the molecule is C1CCC2CC2CCNC1. The maximum atomic E-state index is 3.48. The van der Waals surface area contributed by atoms with Gasteiger partial charge in [0.2, 0.25) is 0 Å². The Morgan fingerprint density at radius 2 is 1.80 bits per heavy atom. The molecular formula is C9H17N. The first-order valence-electron chi connectivity index (χ1n) is 4.67. The topological polar surface area (TPSA) is 12.0 Å². The summed E-state index contributed by atoms with van der Waals surface area (Å²) in [5, 5.41) is 3.48. The van der Waals surface area contributed by atoms with Crippen molar-refractivity contribution in [2.75, 3.05) is 13.1 Å². The fourth-order valence-electron chi connectivity index (χ4n) is 2.09. The molecule has 1 heterocycles. The average Bonchev–Trinajstić information content (AvgIpc) is 2.66. The van der Waals surface area contributed by atoms with Crippen molar-refractivity contribution in [1.82, 2.24) is 5.32 Å². The van der Waals surface area contributed by atoms with Crippen LogP contribution in [0.4, 0.5) is 0 Å². The van der Waals surface area contributed by atoms with Crippen molar-refractivity contribution in [3.05, 3.63) is 0 Å². The summed E-state index contributed by atoms with van der Waals surface area (Å²) in [5.74, 6) is 2.26. The number of hydrogen-bond donors (Lipinski definition) is 1. The van der Waals surface area contributed by atoms with Gasteiger partial charge in [-0.15, -0.1) is 0 Å². The van der Waals surface area contributed by atoms with Gasteiger partial charge in [-0.1, -0.05) is 12.8 Å². The van der Waals surface area contributed by atoms with Crippen molar-refractivity contribution < 1.29 is 0 Å². The minimum atomic E-state index is 1.12. The van der Waals surface area contributed by atoms with E-state index in [1.807, 2.05) is 0 Å². The van der Waals surface area contributed by atoms with Gasteiger partial charge in [-0.3, -0.25) is 0 Å². The van der Waals surface area contributed by atoms with E-state index in [0.29, 0.717) is 0 Å². The van der Waals surface area contributed by atoms with Gasteiger partial charge in [-0.25, -0.2) is 0 Å². The summed E-state index contributed by atoms with van der Waals surface area (Å²) < 4.78 is 0. The van der Waals surface area contributed by atoms with E-state index in [1.54, 1.807) is 6.42 Å². The zero-order chi connectivity index (χ0) is 6.81. The molecule has 1 nitrogen and oxygen atoms in total. The molecule has 0 aromatic carbocycles. The van der Waals surface area contributed by atoms with Gasteiger partial charge >= 0.3 is 0 Å². The largest absolute Gasteiger partial charge is 0.317 e. The van der Waals surface area contributed by atoms with Crippen molar-refractivity contribution in [1.29, 1.82) is 0 Å². The summed E-state index contributed by atoms with van der Waals surface area (Å²) in [6.07, 6.45) is 7.38. The van der Waals surface area contributed by atoms with Crippen LogP contribution in [-0.4, -0.2) is 13.1 Å². The van der Waals surface area contributed by atoms with Crippen LogP contribution >= 0.6 is 0 Å². The van der Waals surface area contributed by atoms with Crippen molar-refractivity contribution in [3.63, 3.8) is 0 Å². The highest BCUT2D eigenvalue weighted by Gasteiger charge is 2.35. The van der Waals surface area contributed by atoms with E-state index in [0.717, 1.165) is 11.8 Å². The molecule has 2 atom stereocenters. The lowest BCUT2D eigenvalue weighted by atomic mass is 10.1. The van der Waals surface area contributed by atoms with Gasteiger partial charge in [0.25, 0.3) is 0 Å². The Balaban J connectivity index is 1.77. The first-order valence-corrected chi connectivity index (χ1v) is 4.67. The standard InChI is InChI=1S/C9H17N/c1-2-5-10-6-4-9-7-8(9)3-1/h8-10H,1-7H2. The van der Waals surface area contributed by atoms with Crippen LogP contribution in [0.25, 0.3) is 0 Å². The van der Waals surface area contributed by atoms with Crippen molar-refractivity contribution in [2.24, 2.45) is 11.8 Å². The molecule has 1 saturated carbocycles. The van der Waals surface area contributed by atoms with Crippen LogP contribution in [0.2, 0.25) is 0 Å². The molecule has 0 aromatic rings. The lowest BCUT2D eigenvalue weighted by molar-refractivity contribution is 0.603. The Bertz CT molecular complexity index is 99.3. The second-order valence-electron chi connectivity index (χ2n) is 3.79. The van der Waals surface area contributed by atoms with Gasteiger partial charge in [0.15, 0.2) is 0 Å². The van der Waals surface area contributed by atoms with E-state index in [2.05, 4.69) is 5.32 Å². The Morgan fingerprint density at radius 3 is 2.80 bits per heavy atom. The van der Waals surface area contributed by atoms with Crippen LogP contribution in [-0.2, 0) is 0 Å². The third-order valence-electron chi connectivity index (χ3n) is 2.94. The molecule has 0 aromatic heterocycles. The molecule has 0 radical (unpaired) electrons. The Kier molecular flexibility index (Phi) is 1.94. The minimum absolute atomic E-state index is 1.12. The highest BCUT2D eigenvalue weighted by atomic mass is 14.8. The van der Waals surface area contributed by atoms with Crippen molar-refractivity contribution in [3.8, 4) is 0 Å². The lowest BCUT2D eigenvalue weighted by Crippen LogP contribution is -2.16. The fourth-order valence-corrected chi connectivity index (χ4v) is 2.09. The highest BCUT2D eigenvalue weighted by Crippen LogP contribution is 2.44. The normalized spacial score (nSPS) is 40.8. The third kappa shape index (κ3) is 1.51. The molecule has 1 aliphatic carbocycles. The predicted octanol–water partition coefficient (Wildman–Crippen LogP) is 1.79. The summed E-state index contributed by atoms with van der Waals surface area (Å²) in [4.78, 5) is 0. The molecule has 10 heavy (non-hydrogen) atoms. The van der Waals surface area contributed by atoms with Crippen LogP contribution in [0, 0.1) is 11.8 Å². The maximum absolute atomic E-state index is 3.48. The molecule has 1 heteroatoms. The predicted molar refractivity (Wildman–Crippen MR) is 42.9 cm³/mol. The van der Waals surface area contributed by atoms with Crippen LogP contribution < -0.4 is 5.32 Å². The van der Waals surface area contributed by atoms with Crippen LogP contribution in [0.15, 0.2) is 0 Å². The van der Waals surface area contributed by atoms with Gasteiger partial charge < -0.3 is 5.32 Å². The van der Waals surface area contributed by atoms with Crippen LogP contribution in [0.1, 0.15) is 32.1 Å². The monoisotopic (exact) mass is 139 g/mol. The molecule has 0 amide bonds.